The van der Waals surface area contributed by atoms with Crippen LogP contribution in [-0.4, -0.2) is 35.0 Å². The minimum atomic E-state index is -5.03. The van der Waals surface area contributed by atoms with Crippen LogP contribution in [0.4, 0.5) is 17.6 Å². The van der Waals surface area contributed by atoms with Crippen molar-refractivity contribution in [2.75, 3.05) is 7.11 Å². The number of carbonyl (C=O) groups is 1. The summed E-state index contributed by atoms with van der Waals surface area (Å²) in [5.41, 5.74) is 1.90. The molecule has 2 atom stereocenters. The van der Waals surface area contributed by atoms with Gasteiger partial charge in [-0.05, 0) is 67.1 Å². The van der Waals surface area contributed by atoms with E-state index in [9.17, 15) is 22.4 Å². The number of aromatic nitrogens is 2. The number of rotatable bonds is 7. The SMILES string of the molecule is COc1cccc(C(Oc2ccc3c(cnn3-c3ccc(F)cc3)c2)[C@H](C)NC(=O)C(F)(F)F)c1. The number of nitrogens with one attached hydrogen (secondary N) is 1. The lowest BCUT2D eigenvalue weighted by Crippen LogP contribution is -2.45. The zero-order chi connectivity index (χ0) is 25.2. The minimum absolute atomic E-state index is 0.358. The van der Waals surface area contributed by atoms with Crippen molar-refractivity contribution in [3.8, 4) is 17.2 Å². The van der Waals surface area contributed by atoms with Crippen LogP contribution in [-0.2, 0) is 4.79 Å². The van der Waals surface area contributed by atoms with Crippen molar-refractivity contribution < 1.29 is 31.8 Å². The predicted octanol–water partition coefficient (Wildman–Crippen LogP) is 5.36. The van der Waals surface area contributed by atoms with E-state index < -0.39 is 24.2 Å². The van der Waals surface area contributed by atoms with Gasteiger partial charge in [-0.15, -0.1) is 0 Å². The molecule has 0 fully saturated rings. The Hall–Kier alpha value is -4.08. The second-order valence-corrected chi connectivity index (χ2v) is 7.83. The average Bonchev–Trinajstić information content (AvgIpc) is 3.25. The van der Waals surface area contributed by atoms with E-state index in [1.165, 1.54) is 26.2 Å². The molecule has 0 aliphatic rings. The zero-order valence-corrected chi connectivity index (χ0v) is 18.7. The fraction of sp³-hybridized carbons (Fsp3) is 0.200. The largest absolute Gasteiger partial charge is 0.497 e. The van der Waals surface area contributed by atoms with Gasteiger partial charge in [-0.1, -0.05) is 12.1 Å². The van der Waals surface area contributed by atoms with Crippen LogP contribution < -0.4 is 14.8 Å². The Morgan fingerprint density at radius 3 is 2.46 bits per heavy atom. The van der Waals surface area contributed by atoms with Crippen LogP contribution in [0.5, 0.6) is 11.5 Å². The number of carbonyl (C=O) groups excluding carboxylic acids is 1. The van der Waals surface area contributed by atoms with E-state index in [1.54, 1.807) is 65.5 Å². The number of hydrogen-bond acceptors (Lipinski definition) is 4. The lowest BCUT2D eigenvalue weighted by molar-refractivity contribution is -0.174. The quantitative estimate of drug-likeness (QED) is 0.357. The summed E-state index contributed by atoms with van der Waals surface area (Å²) in [5.74, 6) is -1.58. The number of methoxy groups -OCH3 is 1. The molecule has 1 unspecified atom stereocenters. The maximum atomic E-state index is 13.3. The summed E-state index contributed by atoms with van der Waals surface area (Å²) < 4.78 is 64.8. The predicted molar refractivity (Wildman–Crippen MR) is 121 cm³/mol. The molecule has 1 heterocycles. The van der Waals surface area contributed by atoms with Crippen molar-refractivity contribution in [1.29, 1.82) is 0 Å². The van der Waals surface area contributed by atoms with Crippen molar-refractivity contribution in [2.45, 2.75) is 25.2 Å². The summed E-state index contributed by atoms with van der Waals surface area (Å²) in [4.78, 5) is 11.6. The number of alkyl halides is 3. The average molecular weight is 487 g/mol. The highest BCUT2D eigenvalue weighted by molar-refractivity contribution is 5.82. The van der Waals surface area contributed by atoms with Crippen LogP contribution in [0.3, 0.4) is 0 Å². The zero-order valence-electron chi connectivity index (χ0n) is 18.7. The summed E-state index contributed by atoms with van der Waals surface area (Å²) in [5, 5.41) is 7.00. The summed E-state index contributed by atoms with van der Waals surface area (Å²) in [6.07, 6.45) is -4.39. The van der Waals surface area contributed by atoms with Crippen molar-refractivity contribution in [3.63, 3.8) is 0 Å². The van der Waals surface area contributed by atoms with Gasteiger partial charge < -0.3 is 14.8 Å². The van der Waals surface area contributed by atoms with Gasteiger partial charge in [-0.2, -0.15) is 18.3 Å². The number of nitrogens with zero attached hydrogens (tertiary/aromatic N) is 2. The first kappa shape index (κ1) is 24.1. The first-order chi connectivity index (χ1) is 16.7. The molecule has 0 saturated heterocycles. The third-order valence-corrected chi connectivity index (χ3v) is 5.37. The molecule has 6 nitrogen and oxygen atoms in total. The standard InChI is InChI=1S/C25H21F4N3O3/c1-15(31-24(33)25(27,28)29)23(16-4-3-5-20(12-16)34-2)35-21-10-11-22-17(13-21)14-30-32(22)19-8-6-18(26)7-9-19/h3-15,23H,1-2H3,(H,31,33)/t15-,23?/m0/s1. The van der Waals surface area contributed by atoms with E-state index in [4.69, 9.17) is 9.47 Å². The Bertz CT molecular complexity index is 1340. The topological polar surface area (TPSA) is 65.4 Å². The Morgan fingerprint density at radius 1 is 1.03 bits per heavy atom. The molecule has 0 bridgehead atoms. The number of hydrogen-bond donors (Lipinski definition) is 1. The van der Waals surface area contributed by atoms with E-state index in [-0.39, 0.29) is 5.82 Å². The molecule has 4 rings (SSSR count). The van der Waals surface area contributed by atoms with Gasteiger partial charge in [-0.3, -0.25) is 4.79 Å². The second kappa shape index (κ2) is 9.65. The Labute approximate surface area is 198 Å². The third kappa shape index (κ3) is 5.37. The molecular formula is C25H21F4N3O3. The van der Waals surface area contributed by atoms with Gasteiger partial charge in [0.25, 0.3) is 0 Å². The molecule has 1 amide bonds. The fourth-order valence-electron chi connectivity index (χ4n) is 3.66. The molecule has 0 radical (unpaired) electrons. The molecule has 0 aliphatic heterocycles. The molecule has 0 saturated carbocycles. The van der Waals surface area contributed by atoms with E-state index >= 15 is 0 Å². The molecule has 1 aromatic heterocycles. The van der Waals surface area contributed by atoms with Crippen LogP contribution in [0.1, 0.15) is 18.6 Å². The molecule has 0 aliphatic carbocycles. The van der Waals surface area contributed by atoms with E-state index in [0.29, 0.717) is 28.1 Å². The van der Waals surface area contributed by atoms with Gasteiger partial charge in [-0.25, -0.2) is 9.07 Å². The van der Waals surface area contributed by atoms with Gasteiger partial charge in [0.1, 0.15) is 23.4 Å². The summed E-state index contributed by atoms with van der Waals surface area (Å²) in [7, 11) is 1.47. The van der Waals surface area contributed by atoms with Gasteiger partial charge in [0.15, 0.2) is 0 Å². The lowest BCUT2D eigenvalue weighted by atomic mass is 10.0. The van der Waals surface area contributed by atoms with E-state index in [2.05, 4.69) is 5.10 Å². The summed E-state index contributed by atoms with van der Waals surface area (Å²) in [6.45, 7) is 1.43. The smallest absolute Gasteiger partial charge is 0.471 e. The lowest BCUT2D eigenvalue weighted by Gasteiger charge is -2.27. The first-order valence-corrected chi connectivity index (χ1v) is 10.6. The maximum absolute atomic E-state index is 13.3. The number of halogens is 4. The van der Waals surface area contributed by atoms with Crippen LogP contribution in [0.25, 0.3) is 16.6 Å². The minimum Gasteiger partial charge on any atom is -0.497 e. The third-order valence-electron chi connectivity index (χ3n) is 5.37. The molecular weight excluding hydrogens is 466 g/mol. The van der Waals surface area contributed by atoms with Crippen LogP contribution in [0.2, 0.25) is 0 Å². The number of benzene rings is 3. The normalized spacial score (nSPS) is 13.3. The summed E-state index contributed by atoms with van der Waals surface area (Å²) in [6, 6.07) is 16.6. The molecule has 182 valence electrons. The second-order valence-electron chi connectivity index (χ2n) is 7.83. The van der Waals surface area contributed by atoms with E-state index in [1.807, 2.05) is 5.32 Å². The van der Waals surface area contributed by atoms with E-state index in [0.717, 1.165) is 5.52 Å². The Kier molecular flexibility index (Phi) is 6.63. The highest BCUT2D eigenvalue weighted by atomic mass is 19.4. The van der Waals surface area contributed by atoms with Gasteiger partial charge in [0.2, 0.25) is 0 Å². The highest BCUT2D eigenvalue weighted by Crippen LogP contribution is 2.31. The maximum Gasteiger partial charge on any atom is 0.471 e. The number of ether oxygens (including phenoxy) is 2. The van der Waals surface area contributed by atoms with Crippen molar-refractivity contribution in [1.82, 2.24) is 15.1 Å². The molecule has 3 aromatic carbocycles. The first-order valence-electron chi connectivity index (χ1n) is 10.6. The molecule has 1 N–H and O–H groups in total. The monoisotopic (exact) mass is 487 g/mol. The number of fused-ring (bicyclic) bond motifs is 1. The molecule has 4 aromatic rings. The van der Waals surface area contributed by atoms with Gasteiger partial charge in [0, 0.05) is 5.39 Å². The van der Waals surface area contributed by atoms with Crippen LogP contribution in [0.15, 0.2) is 72.9 Å². The van der Waals surface area contributed by atoms with Crippen molar-refractivity contribution in [3.05, 3.63) is 84.3 Å². The molecule has 0 spiro atoms. The van der Waals surface area contributed by atoms with Gasteiger partial charge in [0.05, 0.1) is 30.6 Å². The van der Waals surface area contributed by atoms with Crippen molar-refractivity contribution >= 4 is 16.8 Å². The Balaban J connectivity index is 1.65. The molecule has 10 heteroatoms. The number of amides is 1. The highest BCUT2D eigenvalue weighted by Gasteiger charge is 2.40. The van der Waals surface area contributed by atoms with Crippen LogP contribution in [0, 0.1) is 5.82 Å². The van der Waals surface area contributed by atoms with Crippen molar-refractivity contribution in [2.24, 2.45) is 0 Å². The fourth-order valence-corrected chi connectivity index (χ4v) is 3.66. The van der Waals surface area contributed by atoms with Gasteiger partial charge >= 0.3 is 12.1 Å². The molecule has 35 heavy (non-hydrogen) atoms. The van der Waals surface area contributed by atoms with Crippen LogP contribution >= 0.6 is 0 Å². The summed E-state index contributed by atoms with van der Waals surface area (Å²) >= 11 is 0. The Morgan fingerprint density at radius 2 is 1.77 bits per heavy atom.